The van der Waals surface area contributed by atoms with Crippen molar-refractivity contribution in [2.75, 3.05) is 60.2 Å². The van der Waals surface area contributed by atoms with E-state index >= 15 is 0 Å². The van der Waals surface area contributed by atoms with Crippen LogP contribution in [0.3, 0.4) is 0 Å². The van der Waals surface area contributed by atoms with E-state index in [-0.39, 0.29) is 5.91 Å². The van der Waals surface area contributed by atoms with Crippen LogP contribution in [0.1, 0.15) is 200 Å². The van der Waals surface area contributed by atoms with Gasteiger partial charge in [0, 0.05) is 53.4 Å². The van der Waals surface area contributed by atoms with Crippen molar-refractivity contribution < 1.29 is 14.3 Å². The zero-order chi connectivity index (χ0) is 36.4. The van der Waals surface area contributed by atoms with Gasteiger partial charge in [-0.1, -0.05) is 154 Å². The number of rotatable bonds is 41. The summed E-state index contributed by atoms with van der Waals surface area (Å²) in [6.07, 6.45) is 47.4. The number of ether oxygens (including phenoxy) is 2. The SMILES string of the molecule is CCCCCCCC/C=C\CCCCCCCCOCCN(CCOCCCCCCCC/C=C\CCCCCCCC)CCC(=O)N(C)C. The number of hydrogen-bond acceptors (Lipinski definition) is 4. The Balaban J connectivity index is 3.74. The zero-order valence-corrected chi connectivity index (χ0v) is 34.4. The molecule has 0 N–H and O–H groups in total. The fourth-order valence-corrected chi connectivity index (χ4v) is 6.31. The topological polar surface area (TPSA) is 42.0 Å². The number of allylic oxidation sites excluding steroid dienone is 4. The van der Waals surface area contributed by atoms with Crippen molar-refractivity contribution in [1.82, 2.24) is 9.80 Å². The highest BCUT2D eigenvalue weighted by Gasteiger charge is 2.10. The summed E-state index contributed by atoms with van der Waals surface area (Å²) >= 11 is 0. The normalized spacial score (nSPS) is 11.9. The summed E-state index contributed by atoms with van der Waals surface area (Å²) in [5.74, 6) is 0.185. The van der Waals surface area contributed by atoms with E-state index in [4.69, 9.17) is 9.47 Å². The summed E-state index contributed by atoms with van der Waals surface area (Å²) in [6, 6.07) is 0. The van der Waals surface area contributed by atoms with E-state index in [0.717, 1.165) is 58.9 Å². The molecule has 50 heavy (non-hydrogen) atoms. The smallest absolute Gasteiger partial charge is 0.223 e. The molecule has 0 aromatic heterocycles. The highest BCUT2D eigenvalue weighted by atomic mass is 16.5. The molecule has 0 saturated heterocycles. The number of hydrogen-bond donors (Lipinski definition) is 0. The minimum atomic E-state index is 0.185. The van der Waals surface area contributed by atoms with Crippen LogP contribution in [0.5, 0.6) is 0 Å². The average Bonchev–Trinajstić information content (AvgIpc) is 3.11. The van der Waals surface area contributed by atoms with E-state index in [1.54, 1.807) is 4.90 Å². The summed E-state index contributed by atoms with van der Waals surface area (Å²) in [5.41, 5.74) is 0. The van der Waals surface area contributed by atoms with Gasteiger partial charge in [-0.25, -0.2) is 0 Å². The van der Waals surface area contributed by atoms with Gasteiger partial charge in [0.2, 0.25) is 5.91 Å². The second kappa shape index (κ2) is 42.2. The highest BCUT2D eigenvalue weighted by molar-refractivity contribution is 5.75. The molecule has 0 saturated carbocycles. The molecule has 0 radical (unpaired) electrons. The van der Waals surface area contributed by atoms with Gasteiger partial charge in [0.25, 0.3) is 0 Å². The summed E-state index contributed by atoms with van der Waals surface area (Å²) in [7, 11) is 3.67. The number of carbonyl (C=O) groups excluding carboxylic acids is 1. The van der Waals surface area contributed by atoms with Gasteiger partial charge in [-0.05, 0) is 64.2 Å². The van der Waals surface area contributed by atoms with Crippen LogP contribution in [0.15, 0.2) is 24.3 Å². The molecule has 0 aromatic rings. The van der Waals surface area contributed by atoms with Crippen molar-refractivity contribution in [3.8, 4) is 0 Å². The molecule has 0 aliphatic carbocycles. The summed E-state index contributed by atoms with van der Waals surface area (Å²) in [5, 5.41) is 0. The van der Waals surface area contributed by atoms with Gasteiger partial charge in [0.1, 0.15) is 0 Å². The largest absolute Gasteiger partial charge is 0.380 e. The maximum Gasteiger partial charge on any atom is 0.223 e. The highest BCUT2D eigenvalue weighted by Crippen LogP contribution is 2.12. The molecule has 0 bridgehead atoms. The van der Waals surface area contributed by atoms with Crippen molar-refractivity contribution >= 4 is 5.91 Å². The quantitative estimate of drug-likeness (QED) is 0.0469. The molecule has 0 fully saturated rings. The lowest BCUT2D eigenvalue weighted by Gasteiger charge is -2.23. The summed E-state index contributed by atoms with van der Waals surface area (Å²) in [6.45, 7) is 10.2. The number of unbranched alkanes of at least 4 members (excludes halogenated alkanes) is 24. The van der Waals surface area contributed by atoms with Crippen LogP contribution in [-0.4, -0.2) is 75.9 Å². The van der Waals surface area contributed by atoms with Crippen LogP contribution in [-0.2, 0) is 14.3 Å². The second-order valence-corrected chi connectivity index (χ2v) is 15.0. The molecule has 0 spiro atoms. The Hall–Kier alpha value is -1.17. The number of amides is 1. The molecule has 0 heterocycles. The third-order valence-corrected chi connectivity index (χ3v) is 9.85. The monoisotopic (exact) mass is 705 g/mol. The maximum atomic E-state index is 12.2. The first-order valence-electron chi connectivity index (χ1n) is 22.0. The van der Waals surface area contributed by atoms with Crippen LogP contribution in [0.2, 0.25) is 0 Å². The standard InChI is InChI=1S/C45H88N2O3/c1-5-7-9-11-13-15-17-19-21-23-25-27-29-31-33-35-41-49-43-39-47(38-37-45(48)46(3)4)40-44-50-42-36-34-32-30-28-26-24-22-20-18-16-14-12-10-8-6-2/h19-22H,5-18,23-44H2,1-4H3/b21-19-,22-20-. The molecule has 0 aliphatic rings. The predicted octanol–water partition coefficient (Wildman–Crippen LogP) is 12.9. The van der Waals surface area contributed by atoms with E-state index in [1.807, 2.05) is 14.1 Å². The van der Waals surface area contributed by atoms with Crippen LogP contribution >= 0.6 is 0 Å². The molecule has 0 atom stereocenters. The minimum absolute atomic E-state index is 0.185. The van der Waals surface area contributed by atoms with Gasteiger partial charge in [-0.15, -0.1) is 0 Å². The summed E-state index contributed by atoms with van der Waals surface area (Å²) in [4.78, 5) is 16.2. The fourth-order valence-electron chi connectivity index (χ4n) is 6.31. The Bertz CT molecular complexity index is 675. The van der Waals surface area contributed by atoms with Gasteiger partial charge >= 0.3 is 0 Å². The third kappa shape index (κ3) is 39.6. The van der Waals surface area contributed by atoms with E-state index in [0.29, 0.717) is 6.42 Å². The van der Waals surface area contributed by atoms with Crippen molar-refractivity contribution in [3.63, 3.8) is 0 Å². The molecule has 0 aromatic carbocycles. The van der Waals surface area contributed by atoms with Crippen molar-refractivity contribution in [2.45, 2.75) is 200 Å². The lowest BCUT2D eigenvalue weighted by molar-refractivity contribution is -0.129. The fraction of sp³-hybridized carbons (Fsp3) is 0.889. The Morgan fingerprint density at radius 2 is 0.740 bits per heavy atom. The third-order valence-electron chi connectivity index (χ3n) is 9.85. The Morgan fingerprint density at radius 3 is 1.08 bits per heavy atom. The molecule has 5 nitrogen and oxygen atoms in total. The van der Waals surface area contributed by atoms with Crippen LogP contribution < -0.4 is 0 Å². The van der Waals surface area contributed by atoms with Gasteiger partial charge in [0.05, 0.1) is 13.2 Å². The van der Waals surface area contributed by atoms with Gasteiger partial charge in [-0.2, -0.15) is 0 Å². The lowest BCUT2D eigenvalue weighted by atomic mass is 10.1. The first-order chi connectivity index (χ1) is 24.6. The van der Waals surface area contributed by atoms with Crippen molar-refractivity contribution in [2.24, 2.45) is 0 Å². The Kier molecular flexibility index (Phi) is 41.3. The zero-order valence-electron chi connectivity index (χ0n) is 34.4. The van der Waals surface area contributed by atoms with E-state index < -0.39 is 0 Å². The second-order valence-electron chi connectivity index (χ2n) is 15.0. The first-order valence-corrected chi connectivity index (χ1v) is 22.0. The van der Waals surface area contributed by atoms with E-state index in [2.05, 4.69) is 43.1 Å². The molecule has 0 aliphatic heterocycles. The van der Waals surface area contributed by atoms with Gasteiger partial charge in [0.15, 0.2) is 0 Å². The van der Waals surface area contributed by atoms with Gasteiger partial charge < -0.3 is 14.4 Å². The van der Waals surface area contributed by atoms with Crippen LogP contribution in [0.25, 0.3) is 0 Å². The van der Waals surface area contributed by atoms with Gasteiger partial charge in [-0.3, -0.25) is 9.69 Å². The molecule has 296 valence electrons. The molecule has 5 heteroatoms. The maximum absolute atomic E-state index is 12.2. The molecular formula is C45H88N2O3. The predicted molar refractivity (Wildman–Crippen MR) is 220 cm³/mol. The number of nitrogens with zero attached hydrogens (tertiary/aromatic N) is 2. The van der Waals surface area contributed by atoms with Crippen LogP contribution in [0.4, 0.5) is 0 Å². The molecule has 0 unspecified atom stereocenters. The van der Waals surface area contributed by atoms with Crippen LogP contribution in [0, 0.1) is 0 Å². The Labute approximate surface area is 313 Å². The number of carbonyl (C=O) groups is 1. The van der Waals surface area contributed by atoms with E-state index in [1.165, 1.54) is 167 Å². The minimum Gasteiger partial charge on any atom is -0.380 e. The van der Waals surface area contributed by atoms with E-state index in [9.17, 15) is 4.79 Å². The van der Waals surface area contributed by atoms with Crippen molar-refractivity contribution in [1.29, 1.82) is 0 Å². The van der Waals surface area contributed by atoms with Crippen molar-refractivity contribution in [3.05, 3.63) is 24.3 Å². The summed E-state index contributed by atoms with van der Waals surface area (Å²) < 4.78 is 12.0. The lowest BCUT2D eigenvalue weighted by Crippen LogP contribution is -2.35. The molecular weight excluding hydrogens is 617 g/mol. The first kappa shape index (κ1) is 48.8. The Morgan fingerprint density at radius 1 is 0.420 bits per heavy atom. The molecule has 0 rings (SSSR count). The molecule has 1 amide bonds. The average molecular weight is 705 g/mol.